The second-order valence-corrected chi connectivity index (χ2v) is 4.17. The highest BCUT2D eigenvalue weighted by atomic mass is 35.5. The summed E-state index contributed by atoms with van der Waals surface area (Å²) in [5.74, 6) is 0. The molecule has 1 fully saturated rings. The molecule has 0 bridgehead atoms. The lowest BCUT2D eigenvalue weighted by atomic mass is 9.93. The minimum absolute atomic E-state index is 0.184. The topological polar surface area (TPSA) is 38.0 Å². The Bertz CT molecular complexity index is 314. The van der Waals surface area contributed by atoms with Crippen LogP contribution in [-0.2, 0) is 0 Å². The van der Waals surface area contributed by atoms with E-state index in [9.17, 15) is 0 Å². The van der Waals surface area contributed by atoms with Crippen molar-refractivity contribution < 1.29 is 0 Å². The molecule has 1 aromatic rings. The summed E-state index contributed by atoms with van der Waals surface area (Å²) in [7, 11) is 0. The molecule has 3 heteroatoms. The molecule has 0 saturated carbocycles. The van der Waals surface area contributed by atoms with Crippen LogP contribution in [-0.4, -0.2) is 12.6 Å². The molecular formula is C11H15ClN2. The van der Waals surface area contributed by atoms with Crippen LogP contribution in [0, 0.1) is 0 Å². The predicted octanol–water partition coefficient (Wildman–Crippen LogP) is 2.09. The van der Waals surface area contributed by atoms with E-state index in [2.05, 4.69) is 5.32 Å². The third-order valence-corrected chi connectivity index (χ3v) is 3.09. The molecule has 2 nitrogen and oxygen atoms in total. The molecule has 2 unspecified atom stereocenters. The van der Waals surface area contributed by atoms with E-state index in [4.69, 9.17) is 17.3 Å². The fourth-order valence-electron chi connectivity index (χ4n) is 1.98. The van der Waals surface area contributed by atoms with Crippen molar-refractivity contribution in [3.8, 4) is 0 Å². The van der Waals surface area contributed by atoms with Gasteiger partial charge in [-0.3, -0.25) is 0 Å². The van der Waals surface area contributed by atoms with E-state index in [0.717, 1.165) is 30.0 Å². The summed E-state index contributed by atoms with van der Waals surface area (Å²) >= 11 is 6.13. The first kappa shape index (κ1) is 9.97. The van der Waals surface area contributed by atoms with Gasteiger partial charge in [0.05, 0.1) is 0 Å². The third-order valence-electron chi connectivity index (χ3n) is 2.75. The molecule has 1 aliphatic heterocycles. The average molecular weight is 211 g/mol. The number of benzene rings is 1. The molecule has 1 saturated heterocycles. The zero-order chi connectivity index (χ0) is 9.97. The Morgan fingerprint density at radius 1 is 1.36 bits per heavy atom. The molecule has 2 atom stereocenters. The molecule has 2 rings (SSSR count). The molecule has 1 aliphatic rings. The van der Waals surface area contributed by atoms with Crippen molar-refractivity contribution in [1.29, 1.82) is 0 Å². The van der Waals surface area contributed by atoms with Gasteiger partial charge in [-0.1, -0.05) is 29.8 Å². The standard InChI is InChI=1S/C11H15ClN2/c12-9-5-2-1-4-8(9)11-10(13)6-3-7-14-11/h1-2,4-5,10-11,14H,3,6-7,13H2. The van der Waals surface area contributed by atoms with Crippen molar-refractivity contribution in [3.63, 3.8) is 0 Å². The summed E-state index contributed by atoms with van der Waals surface area (Å²) < 4.78 is 0. The molecule has 0 spiro atoms. The van der Waals surface area contributed by atoms with Crippen LogP contribution in [0.25, 0.3) is 0 Å². The molecule has 3 N–H and O–H groups in total. The van der Waals surface area contributed by atoms with Crippen molar-refractivity contribution in [2.24, 2.45) is 5.73 Å². The van der Waals surface area contributed by atoms with E-state index in [-0.39, 0.29) is 12.1 Å². The maximum Gasteiger partial charge on any atom is 0.0488 e. The fourth-order valence-corrected chi connectivity index (χ4v) is 2.23. The molecule has 1 aromatic carbocycles. The highest BCUT2D eigenvalue weighted by Crippen LogP contribution is 2.27. The van der Waals surface area contributed by atoms with Gasteiger partial charge in [0.1, 0.15) is 0 Å². The summed E-state index contributed by atoms with van der Waals surface area (Å²) in [5.41, 5.74) is 7.19. The lowest BCUT2D eigenvalue weighted by molar-refractivity contribution is 0.358. The summed E-state index contributed by atoms with van der Waals surface area (Å²) in [6.45, 7) is 1.03. The normalized spacial score (nSPS) is 27.6. The SMILES string of the molecule is NC1CCCNC1c1ccccc1Cl. The van der Waals surface area contributed by atoms with Crippen LogP contribution in [0.4, 0.5) is 0 Å². The van der Waals surface area contributed by atoms with Gasteiger partial charge in [0.2, 0.25) is 0 Å². The minimum atomic E-state index is 0.184. The van der Waals surface area contributed by atoms with E-state index in [1.54, 1.807) is 0 Å². The zero-order valence-corrected chi connectivity index (χ0v) is 8.80. The smallest absolute Gasteiger partial charge is 0.0488 e. The van der Waals surface area contributed by atoms with Gasteiger partial charge in [-0.2, -0.15) is 0 Å². The lowest BCUT2D eigenvalue weighted by Gasteiger charge is -2.30. The van der Waals surface area contributed by atoms with Crippen LogP contribution < -0.4 is 11.1 Å². The van der Waals surface area contributed by atoms with Gasteiger partial charge < -0.3 is 11.1 Å². The van der Waals surface area contributed by atoms with Crippen molar-refractivity contribution in [3.05, 3.63) is 34.9 Å². The van der Waals surface area contributed by atoms with E-state index >= 15 is 0 Å². The first-order valence-corrected chi connectivity index (χ1v) is 5.40. The Hall–Kier alpha value is -0.570. The lowest BCUT2D eigenvalue weighted by Crippen LogP contribution is -2.42. The minimum Gasteiger partial charge on any atom is -0.326 e. The quantitative estimate of drug-likeness (QED) is 0.745. The number of nitrogens with one attached hydrogen (secondary N) is 1. The van der Waals surface area contributed by atoms with Crippen molar-refractivity contribution in [2.45, 2.75) is 24.9 Å². The molecule has 0 amide bonds. The van der Waals surface area contributed by atoms with Gasteiger partial charge in [0.25, 0.3) is 0 Å². The number of piperidine rings is 1. The summed E-state index contributed by atoms with van der Waals surface area (Å²) in [5, 5.41) is 4.22. The monoisotopic (exact) mass is 210 g/mol. The van der Waals surface area contributed by atoms with Crippen LogP contribution in [0.5, 0.6) is 0 Å². The van der Waals surface area contributed by atoms with Crippen LogP contribution in [0.1, 0.15) is 24.4 Å². The second kappa shape index (κ2) is 4.30. The fraction of sp³-hybridized carbons (Fsp3) is 0.455. The van der Waals surface area contributed by atoms with Crippen LogP contribution in [0.3, 0.4) is 0 Å². The van der Waals surface area contributed by atoms with Crippen LogP contribution in [0.2, 0.25) is 5.02 Å². The maximum absolute atomic E-state index is 6.13. The Kier molecular flexibility index (Phi) is 3.06. The number of nitrogens with two attached hydrogens (primary N) is 1. The Labute approximate surface area is 89.4 Å². The van der Waals surface area contributed by atoms with E-state index in [1.807, 2.05) is 24.3 Å². The van der Waals surface area contributed by atoms with Gasteiger partial charge >= 0.3 is 0 Å². The predicted molar refractivity (Wildman–Crippen MR) is 59.4 cm³/mol. The summed E-state index contributed by atoms with van der Waals surface area (Å²) in [4.78, 5) is 0. The average Bonchev–Trinajstić information content (AvgIpc) is 2.20. The van der Waals surface area contributed by atoms with Crippen LogP contribution in [0.15, 0.2) is 24.3 Å². The molecule has 1 heterocycles. The molecule has 14 heavy (non-hydrogen) atoms. The Morgan fingerprint density at radius 2 is 2.14 bits per heavy atom. The van der Waals surface area contributed by atoms with Gasteiger partial charge in [0, 0.05) is 17.1 Å². The molecule has 0 aromatic heterocycles. The Balaban J connectivity index is 2.25. The summed E-state index contributed by atoms with van der Waals surface area (Å²) in [6.07, 6.45) is 2.23. The number of halogens is 1. The van der Waals surface area contributed by atoms with Gasteiger partial charge in [-0.15, -0.1) is 0 Å². The number of hydrogen-bond donors (Lipinski definition) is 2. The van der Waals surface area contributed by atoms with E-state index in [1.165, 1.54) is 0 Å². The molecular weight excluding hydrogens is 196 g/mol. The van der Waals surface area contributed by atoms with Gasteiger partial charge in [0.15, 0.2) is 0 Å². The molecule has 76 valence electrons. The van der Waals surface area contributed by atoms with Crippen molar-refractivity contribution in [2.75, 3.05) is 6.54 Å². The Morgan fingerprint density at radius 3 is 2.86 bits per heavy atom. The van der Waals surface area contributed by atoms with Crippen LogP contribution >= 0.6 is 11.6 Å². The highest BCUT2D eigenvalue weighted by Gasteiger charge is 2.23. The second-order valence-electron chi connectivity index (χ2n) is 3.76. The zero-order valence-electron chi connectivity index (χ0n) is 8.04. The first-order valence-electron chi connectivity index (χ1n) is 5.02. The van der Waals surface area contributed by atoms with E-state index in [0.29, 0.717) is 0 Å². The summed E-state index contributed by atoms with van der Waals surface area (Å²) in [6, 6.07) is 8.32. The molecule has 0 aliphatic carbocycles. The van der Waals surface area contributed by atoms with E-state index < -0.39 is 0 Å². The van der Waals surface area contributed by atoms with Gasteiger partial charge in [-0.25, -0.2) is 0 Å². The largest absolute Gasteiger partial charge is 0.326 e. The number of rotatable bonds is 1. The van der Waals surface area contributed by atoms with Gasteiger partial charge in [-0.05, 0) is 31.0 Å². The van der Waals surface area contributed by atoms with Crippen molar-refractivity contribution in [1.82, 2.24) is 5.32 Å². The number of hydrogen-bond acceptors (Lipinski definition) is 2. The maximum atomic E-state index is 6.13. The first-order chi connectivity index (χ1) is 6.79. The van der Waals surface area contributed by atoms with Crippen molar-refractivity contribution >= 4 is 11.6 Å². The third kappa shape index (κ3) is 1.92. The highest BCUT2D eigenvalue weighted by molar-refractivity contribution is 6.31. The molecule has 0 radical (unpaired) electrons.